The van der Waals surface area contributed by atoms with Crippen molar-refractivity contribution in [2.24, 2.45) is 0 Å². The minimum Gasteiger partial charge on any atom is -0.494 e. The minimum atomic E-state index is -4.24. The van der Waals surface area contributed by atoms with E-state index in [1.165, 1.54) is 30.6 Å². The third kappa shape index (κ3) is 5.69. The summed E-state index contributed by atoms with van der Waals surface area (Å²) in [4.78, 5) is 36.7. The topological polar surface area (TPSA) is 106 Å². The van der Waals surface area contributed by atoms with Crippen molar-refractivity contribution in [2.45, 2.75) is 25.4 Å². The maximum Gasteiger partial charge on any atom is 0.401 e. The van der Waals surface area contributed by atoms with Crippen LogP contribution in [0.4, 0.5) is 18.3 Å². The van der Waals surface area contributed by atoms with Gasteiger partial charge in [0.25, 0.3) is 5.91 Å². The average molecular weight is 564 g/mol. The quantitative estimate of drug-likeness (QED) is 0.322. The molecule has 14 heteroatoms. The molecule has 9 nitrogen and oxygen atoms in total. The number of hydrogen-bond donors (Lipinski definition) is 1. The van der Waals surface area contributed by atoms with Crippen LogP contribution < -0.4 is 10.1 Å². The van der Waals surface area contributed by atoms with Crippen molar-refractivity contribution in [2.75, 3.05) is 32.1 Å². The molecule has 1 atom stereocenters. The lowest BCUT2D eigenvalue weighted by Gasteiger charge is -2.17. The molecule has 4 aromatic rings. The summed E-state index contributed by atoms with van der Waals surface area (Å²) in [5, 5.41) is 3.29. The molecule has 198 valence electrons. The summed E-state index contributed by atoms with van der Waals surface area (Å²) >= 11 is 7.24. The van der Waals surface area contributed by atoms with Crippen LogP contribution in [0.2, 0.25) is 5.15 Å². The Hall–Kier alpha value is -3.42. The number of aromatic nitrogens is 5. The molecule has 4 aromatic heterocycles. The van der Waals surface area contributed by atoms with Crippen molar-refractivity contribution in [1.82, 2.24) is 29.8 Å². The molecule has 0 bridgehead atoms. The van der Waals surface area contributed by atoms with E-state index in [9.17, 15) is 18.0 Å². The highest BCUT2D eigenvalue weighted by atomic mass is 35.5. The standard InChI is InChI=1S/C24H21ClF3N7O2S/c1-12-5-14(15-6-19(25)30-9-18(15)37-2)16(7-29-12)21(36)34-23-33-20-22(38-23)32-17(8-31-20)13-3-4-35(10-13)11-24(26,27)28/h5-9,13H,3-4,10-11H2,1-2H3,(H,31,33,34,36)/t13-/m1/s1. The molecule has 1 fully saturated rings. The number of anilines is 1. The Morgan fingerprint density at radius 3 is 2.76 bits per heavy atom. The second kappa shape index (κ2) is 10.4. The van der Waals surface area contributed by atoms with Gasteiger partial charge in [0.1, 0.15) is 10.9 Å². The molecule has 1 aliphatic heterocycles. The fraction of sp³-hybridized carbons (Fsp3) is 0.333. The molecule has 1 N–H and O–H groups in total. The maximum atomic E-state index is 13.3. The molecule has 0 radical (unpaired) electrons. The molecule has 38 heavy (non-hydrogen) atoms. The van der Waals surface area contributed by atoms with E-state index in [-0.39, 0.29) is 28.3 Å². The van der Waals surface area contributed by atoms with Crippen molar-refractivity contribution in [1.29, 1.82) is 0 Å². The third-order valence-corrected chi connectivity index (χ3v) is 7.15. The summed E-state index contributed by atoms with van der Waals surface area (Å²) in [5.74, 6) is -0.172. The third-order valence-electron chi connectivity index (χ3n) is 6.09. The number of fused-ring (bicyclic) bond motifs is 1. The van der Waals surface area contributed by atoms with Crippen molar-refractivity contribution < 1.29 is 22.7 Å². The molecule has 1 saturated heterocycles. The first-order chi connectivity index (χ1) is 18.1. The van der Waals surface area contributed by atoms with Crippen LogP contribution in [0.1, 0.15) is 34.1 Å². The number of pyridine rings is 2. The molecule has 5 rings (SSSR count). The monoisotopic (exact) mass is 563 g/mol. The molecular formula is C24H21ClF3N7O2S. The lowest BCUT2D eigenvalue weighted by Crippen LogP contribution is -2.32. The Balaban J connectivity index is 1.38. The van der Waals surface area contributed by atoms with Crippen molar-refractivity contribution in [3.63, 3.8) is 0 Å². The number of halogens is 4. The molecule has 1 amide bonds. The van der Waals surface area contributed by atoms with E-state index in [4.69, 9.17) is 16.3 Å². The van der Waals surface area contributed by atoms with Gasteiger partial charge in [-0.05, 0) is 32.0 Å². The average Bonchev–Trinajstić information content (AvgIpc) is 3.48. The number of nitrogens with one attached hydrogen (secondary N) is 1. The van der Waals surface area contributed by atoms with Gasteiger partial charge in [0, 0.05) is 35.5 Å². The number of methoxy groups -OCH3 is 1. The maximum absolute atomic E-state index is 13.3. The molecule has 0 saturated carbocycles. The van der Waals surface area contributed by atoms with E-state index in [2.05, 4.69) is 30.2 Å². The molecule has 0 aliphatic carbocycles. The van der Waals surface area contributed by atoms with E-state index in [0.29, 0.717) is 51.7 Å². The fourth-order valence-electron chi connectivity index (χ4n) is 4.37. The smallest absolute Gasteiger partial charge is 0.401 e. The minimum absolute atomic E-state index is 0.155. The van der Waals surface area contributed by atoms with Gasteiger partial charge >= 0.3 is 6.18 Å². The molecular weight excluding hydrogens is 543 g/mol. The SMILES string of the molecule is COc1cnc(Cl)cc1-c1cc(C)ncc1C(=O)Nc1nc2ncc([C@@H]3CCN(CC(F)(F)F)C3)nc2s1. The van der Waals surface area contributed by atoms with Gasteiger partial charge in [-0.25, -0.2) is 15.0 Å². The van der Waals surface area contributed by atoms with Crippen molar-refractivity contribution in [3.05, 3.63) is 52.8 Å². The van der Waals surface area contributed by atoms with Crippen LogP contribution in [0.25, 0.3) is 21.6 Å². The van der Waals surface area contributed by atoms with E-state index < -0.39 is 18.6 Å². The predicted molar refractivity (Wildman–Crippen MR) is 137 cm³/mol. The molecule has 0 aromatic carbocycles. The zero-order valence-electron chi connectivity index (χ0n) is 20.2. The van der Waals surface area contributed by atoms with E-state index in [1.54, 1.807) is 19.1 Å². The van der Waals surface area contributed by atoms with Gasteiger partial charge in [0.15, 0.2) is 15.6 Å². The van der Waals surface area contributed by atoms with Crippen LogP contribution in [-0.4, -0.2) is 68.6 Å². The van der Waals surface area contributed by atoms with Crippen LogP contribution >= 0.6 is 22.9 Å². The summed E-state index contributed by atoms with van der Waals surface area (Å²) in [6, 6.07) is 3.36. The van der Waals surface area contributed by atoms with Gasteiger partial charge in [0.2, 0.25) is 0 Å². The molecule has 1 aliphatic rings. The number of alkyl halides is 3. The highest BCUT2D eigenvalue weighted by Gasteiger charge is 2.35. The summed E-state index contributed by atoms with van der Waals surface area (Å²) in [6.07, 6.45) is 0.797. The zero-order valence-corrected chi connectivity index (χ0v) is 21.8. The lowest BCUT2D eigenvalue weighted by atomic mass is 10.0. The van der Waals surface area contributed by atoms with Gasteiger partial charge in [-0.15, -0.1) is 0 Å². The Morgan fingerprint density at radius 2 is 2.00 bits per heavy atom. The van der Waals surface area contributed by atoms with Crippen LogP contribution in [0, 0.1) is 6.92 Å². The Labute approximate surface area is 224 Å². The second-order valence-corrected chi connectivity index (χ2v) is 10.2. The lowest BCUT2D eigenvalue weighted by molar-refractivity contribution is -0.143. The number of rotatable bonds is 6. The fourth-order valence-corrected chi connectivity index (χ4v) is 5.33. The normalized spacial score (nSPS) is 16.2. The van der Waals surface area contributed by atoms with Gasteiger partial charge in [-0.3, -0.25) is 20.0 Å². The highest BCUT2D eigenvalue weighted by Crippen LogP contribution is 2.35. The summed E-state index contributed by atoms with van der Waals surface area (Å²) in [6.45, 7) is 1.46. The van der Waals surface area contributed by atoms with Crippen LogP contribution in [0.5, 0.6) is 5.75 Å². The van der Waals surface area contributed by atoms with E-state index >= 15 is 0 Å². The largest absolute Gasteiger partial charge is 0.494 e. The molecule has 5 heterocycles. The highest BCUT2D eigenvalue weighted by molar-refractivity contribution is 7.21. The van der Waals surface area contributed by atoms with Crippen LogP contribution in [0.3, 0.4) is 0 Å². The summed E-state index contributed by atoms with van der Waals surface area (Å²) in [5.41, 5.74) is 3.04. The first kappa shape index (κ1) is 26.2. The van der Waals surface area contributed by atoms with Crippen LogP contribution in [0.15, 0.2) is 30.7 Å². The predicted octanol–water partition coefficient (Wildman–Crippen LogP) is 5.12. The van der Waals surface area contributed by atoms with Crippen molar-refractivity contribution in [3.8, 4) is 16.9 Å². The molecule has 0 unspecified atom stereocenters. The van der Waals surface area contributed by atoms with E-state index in [1.807, 2.05) is 0 Å². The second-order valence-electron chi connectivity index (χ2n) is 8.81. The van der Waals surface area contributed by atoms with Gasteiger partial charge in [-0.1, -0.05) is 22.9 Å². The number of carbonyl (C=O) groups is 1. The zero-order chi connectivity index (χ0) is 27.0. The summed E-state index contributed by atoms with van der Waals surface area (Å²) in [7, 11) is 1.50. The van der Waals surface area contributed by atoms with Gasteiger partial charge in [-0.2, -0.15) is 18.2 Å². The number of amides is 1. The molecule has 0 spiro atoms. The van der Waals surface area contributed by atoms with E-state index in [0.717, 1.165) is 11.3 Å². The van der Waals surface area contributed by atoms with Crippen LogP contribution in [-0.2, 0) is 0 Å². The van der Waals surface area contributed by atoms with Gasteiger partial charge < -0.3 is 4.74 Å². The van der Waals surface area contributed by atoms with Crippen molar-refractivity contribution >= 4 is 44.5 Å². The number of aryl methyl sites for hydroxylation is 1. The number of nitrogens with zero attached hydrogens (tertiary/aromatic N) is 6. The Bertz CT molecular complexity index is 1510. The number of thiazole rings is 1. The first-order valence-corrected chi connectivity index (χ1v) is 12.7. The number of carbonyl (C=O) groups excluding carboxylic acids is 1. The first-order valence-electron chi connectivity index (χ1n) is 11.5. The number of ether oxygens (including phenoxy) is 1. The number of hydrogen-bond acceptors (Lipinski definition) is 9. The number of likely N-dealkylation sites (tertiary alicyclic amines) is 1. The van der Waals surface area contributed by atoms with Gasteiger partial charge in [0.05, 0.1) is 37.3 Å². The summed E-state index contributed by atoms with van der Waals surface area (Å²) < 4.78 is 43.6. The Morgan fingerprint density at radius 1 is 1.18 bits per heavy atom. The Kier molecular flexibility index (Phi) is 7.16.